The molecule has 1 unspecified atom stereocenters. The normalized spacial score (nSPS) is 12.2. The Balaban J connectivity index is 2.94. The molecule has 1 aromatic carbocycles. The molecule has 0 spiro atoms. The standard InChI is InChI=1S/C10H12FNO2/c1-14-10(13)9(6-12)7-3-2-4-8(11)5-7/h2-5,9H,6,12H2,1H3. The number of methoxy groups -OCH3 is 1. The van der Waals surface area contributed by atoms with Gasteiger partial charge in [-0.05, 0) is 17.7 Å². The number of carbonyl (C=O) groups is 1. The Morgan fingerprint density at radius 1 is 1.64 bits per heavy atom. The van der Waals surface area contributed by atoms with Crippen molar-refractivity contribution in [3.63, 3.8) is 0 Å². The summed E-state index contributed by atoms with van der Waals surface area (Å²) in [6.07, 6.45) is 0. The minimum atomic E-state index is -0.587. The van der Waals surface area contributed by atoms with Crippen LogP contribution in [0.15, 0.2) is 24.3 Å². The van der Waals surface area contributed by atoms with Crippen LogP contribution >= 0.6 is 0 Å². The number of hydrogen-bond donors (Lipinski definition) is 1. The number of benzene rings is 1. The van der Waals surface area contributed by atoms with Crippen molar-refractivity contribution in [2.45, 2.75) is 5.92 Å². The number of rotatable bonds is 3. The molecule has 14 heavy (non-hydrogen) atoms. The maximum atomic E-state index is 12.8. The number of carbonyl (C=O) groups excluding carboxylic acids is 1. The van der Waals surface area contributed by atoms with Crippen molar-refractivity contribution in [3.8, 4) is 0 Å². The van der Waals surface area contributed by atoms with Gasteiger partial charge in [-0.3, -0.25) is 4.79 Å². The fourth-order valence-electron chi connectivity index (χ4n) is 1.23. The predicted molar refractivity (Wildman–Crippen MR) is 50.2 cm³/mol. The first-order valence-corrected chi connectivity index (χ1v) is 4.22. The van der Waals surface area contributed by atoms with Crippen LogP contribution in [-0.2, 0) is 9.53 Å². The minimum absolute atomic E-state index is 0.107. The zero-order valence-corrected chi connectivity index (χ0v) is 7.87. The van der Waals surface area contributed by atoms with Crippen molar-refractivity contribution >= 4 is 5.97 Å². The Hall–Kier alpha value is -1.42. The maximum absolute atomic E-state index is 12.8. The van der Waals surface area contributed by atoms with Gasteiger partial charge in [-0.2, -0.15) is 0 Å². The average Bonchev–Trinajstić information content (AvgIpc) is 2.19. The SMILES string of the molecule is COC(=O)C(CN)c1cccc(F)c1. The Kier molecular flexibility index (Phi) is 3.59. The topological polar surface area (TPSA) is 52.3 Å². The van der Waals surface area contributed by atoms with Gasteiger partial charge in [0.05, 0.1) is 13.0 Å². The van der Waals surface area contributed by atoms with Gasteiger partial charge >= 0.3 is 5.97 Å². The second kappa shape index (κ2) is 4.72. The third-order valence-electron chi connectivity index (χ3n) is 1.97. The number of esters is 1. The monoisotopic (exact) mass is 197 g/mol. The first-order valence-electron chi connectivity index (χ1n) is 4.22. The number of ether oxygens (including phenoxy) is 1. The number of halogens is 1. The van der Waals surface area contributed by atoms with E-state index in [2.05, 4.69) is 4.74 Å². The molecule has 1 aromatic rings. The predicted octanol–water partition coefficient (Wildman–Crippen LogP) is 1.04. The first-order chi connectivity index (χ1) is 6.69. The second-order valence-electron chi connectivity index (χ2n) is 2.87. The molecule has 0 amide bonds. The molecule has 2 N–H and O–H groups in total. The van der Waals surface area contributed by atoms with Gasteiger partial charge < -0.3 is 10.5 Å². The summed E-state index contributed by atoms with van der Waals surface area (Å²) in [5.74, 6) is -1.42. The van der Waals surface area contributed by atoms with Gasteiger partial charge in [0, 0.05) is 6.54 Å². The third-order valence-corrected chi connectivity index (χ3v) is 1.97. The van der Waals surface area contributed by atoms with Crippen LogP contribution in [0.25, 0.3) is 0 Å². The molecule has 0 saturated heterocycles. The highest BCUT2D eigenvalue weighted by Crippen LogP contribution is 2.16. The van der Waals surface area contributed by atoms with Crippen molar-refractivity contribution in [3.05, 3.63) is 35.6 Å². The fraction of sp³-hybridized carbons (Fsp3) is 0.300. The van der Waals surface area contributed by atoms with Crippen LogP contribution in [0.3, 0.4) is 0 Å². The van der Waals surface area contributed by atoms with Gasteiger partial charge in [0.2, 0.25) is 0 Å². The van der Waals surface area contributed by atoms with Gasteiger partial charge in [0.1, 0.15) is 5.82 Å². The van der Waals surface area contributed by atoms with E-state index in [0.717, 1.165) is 0 Å². The van der Waals surface area contributed by atoms with Crippen LogP contribution in [0.4, 0.5) is 4.39 Å². The lowest BCUT2D eigenvalue weighted by Gasteiger charge is -2.12. The minimum Gasteiger partial charge on any atom is -0.469 e. The molecular formula is C10H12FNO2. The molecule has 0 heterocycles. The van der Waals surface area contributed by atoms with Crippen LogP contribution in [-0.4, -0.2) is 19.6 Å². The second-order valence-corrected chi connectivity index (χ2v) is 2.87. The van der Waals surface area contributed by atoms with Gasteiger partial charge in [0.15, 0.2) is 0 Å². The smallest absolute Gasteiger partial charge is 0.314 e. The summed E-state index contributed by atoms with van der Waals surface area (Å²) in [6.45, 7) is 0.107. The zero-order chi connectivity index (χ0) is 10.6. The first kappa shape index (κ1) is 10.7. The largest absolute Gasteiger partial charge is 0.469 e. The summed E-state index contributed by atoms with van der Waals surface area (Å²) in [5, 5.41) is 0. The lowest BCUT2D eigenvalue weighted by Crippen LogP contribution is -2.22. The summed E-state index contributed by atoms with van der Waals surface area (Å²) in [4.78, 5) is 11.2. The zero-order valence-electron chi connectivity index (χ0n) is 7.87. The van der Waals surface area contributed by atoms with Crippen molar-refractivity contribution in [2.24, 2.45) is 5.73 Å². The summed E-state index contributed by atoms with van der Waals surface area (Å²) in [6, 6.07) is 5.79. The number of nitrogens with two attached hydrogens (primary N) is 1. The van der Waals surface area contributed by atoms with Crippen molar-refractivity contribution in [2.75, 3.05) is 13.7 Å². The molecule has 0 aliphatic heterocycles. The van der Waals surface area contributed by atoms with E-state index in [1.54, 1.807) is 6.07 Å². The van der Waals surface area contributed by atoms with Crippen LogP contribution in [0.1, 0.15) is 11.5 Å². The summed E-state index contributed by atoms with van der Waals surface area (Å²) in [7, 11) is 1.28. The van der Waals surface area contributed by atoms with Crippen LogP contribution in [0, 0.1) is 5.82 Å². The highest BCUT2D eigenvalue weighted by atomic mass is 19.1. The third kappa shape index (κ3) is 2.29. The Bertz CT molecular complexity index is 328. The molecule has 0 fully saturated rings. The molecule has 1 rings (SSSR count). The maximum Gasteiger partial charge on any atom is 0.314 e. The molecule has 0 aliphatic carbocycles. The number of hydrogen-bond acceptors (Lipinski definition) is 3. The Morgan fingerprint density at radius 2 is 2.36 bits per heavy atom. The van der Waals surface area contributed by atoms with E-state index in [1.807, 2.05) is 0 Å². The van der Waals surface area contributed by atoms with Crippen LogP contribution in [0.2, 0.25) is 0 Å². The van der Waals surface area contributed by atoms with Crippen LogP contribution in [0.5, 0.6) is 0 Å². The molecule has 3 nitrogen and oxygen atoms in total. The molecule has 0 saturated carbocycles. The molecule has 0 bridgehead atoms. The lowest BCUT2D eigenvalue weighted by molar-refractivity contribution is -0.142. The van der Waals surface area contributed by atoms with Gasteiger partial charge in [-0.15, -0.1) is 0 Å². The molecule has 76 valence electrons. The fourth-order valence-corrected chi connectivity index (χ4v) is 1.23. The van der Waals surface area contributed by atoms with E-state index in [0.29, 0.717) is 5.56 Å². The van der Waals surface area contributed by atoms with Crippen molar-refractivity contribution < 1.29 is 13.9 Å². The highest BCUT2D eigenvalue weighted by Gasteiger charge is 2.19. The molecule has 0 aliphatic rings. The molecule has 4 heteroatoms. The molecule has 0 radical (unpaired) electrons. The lowest BCUT2D eigenvalue weighted by atomic mass is 9.99. The van der Waals surface area contributed by atoms with Crippen molar-refractivity contribution in [1.29, 1.82) is 0 Å². The van der Waals surface area contributed by atoms with E-state index >= 15 is 0 Å². The molecule has 0 aromatic heterocycles. The van der Waals surface area contributed by atoms with E-state index in [1.165, 1.54) is 25.3 Å². The Labute approximate surface area is 81.7 Å². The van der Waals surface area contributed by atoms with E-state index in [4.69, 9.17) is 5.73 Å². The van der Waals surface area contributed by atoms with Gasteiger partial charge in [-0.1, -0.05) is 12.1 Å². The van der Waals surface area contributed by atoms with E-state index < -0.39 is 11.9 Å². The van der Waals surface area contributed by atoms with E-state index in [9.17, 15) is 9.18 Å². The molecular weight excluding hydrogens is 185 g/mol. The summed E-state index contributed by atoms with van der Waals surface area (Å²) in [5.41, 5.74) is 5.95. The summed E-state index contributed by atoms with van der Waals surface area (Å²) < 4.78 is 17.4. The van der Waals surface area contributed by atoms with Gasteiger partial charge in [0.25, 0.3) is 0 Å². The molecule has 1 atom stereocenters. The summed E-state index contributed by atoms with van der Waals surface area (Å²) >= 11 is 0. The Morgan fingerprint density at radius 3 is 2.86 bits per heavy atom. The van der Waals surface area contributed by atoms with Gasteiger partial charge in [-0.25, -0.2) is 4.39 Å². The average molecular weight is 197 g/mol. The quantitative estimate of drug-likeness (QED) is 0.736. The van der Waals surface area contributed by atoms with E-state index in [-0.39, 0.29) is 12.4 Å². The van der Waals surface area contributed by atoms with Crippen molar-refractivity contribution in [1.82, 2.24) is 0 Å². The highest BCUT2D eigenvalue weighted by molar-refractivity contribution is 5.78. The van der Waals surface area contributed by atoms with Crippen LogP contribution < -0.4 is 5.73 Å².